The quantitative estimate of drug-likeness (QED) is 0.465. The summed E-state index contributed by atoms with van der Waals surface area (Å²) in [5.41, 5.74) is 0.604. The van der Waals surface area contributed by atoms with Crippen molar-refractivity contribution in [1.82, 2.24) is 9.88 Å². The Morgan fingerprint density at radius 3 is 2.46 bits per heavy atom. The Labute approximate surface area is 219 Å². The highest BCUT2D eigenvalue weighted by atomic mass is 35.5. The van der Waals surface area contributed by atoms with Crippen LogP contribution in [-0.4, -0.2) is 54.9 Å². The first-order valence-electron chi connectivity index (χ1n) is 10.4. The molecule has 0 spiro atoms. The summed E-state index contributed by atoms with van der Waals surface area (Å²) < 4.78 is 27.1. The first kappa shape index (κ1) is 26.7. The Bertz CT molecular complexity index is 1280. The van der Waals surface area contributed by atoms with Crippen molar-refractivity contribution in [3.05, 3.63) is 64.1 Å². The van der Waals surface area contributed by atoms with Crippen LogP contribution >= 0.6 is 34.5 Å². The molecule has 0 saturated carbocycles. The molecule has 0 unspecified atom stereocenters. The van der Waals surface area contributed by atoms with E-state index in [1.54, 1.807) is 41.5 Å². The van der Waals surface area contributed by atoms with E-state index >= 15 is 0 Å². The van der Waals surface area contributed by atoms with Crippen molar-refractivity contribution in [2.75, 3.05) is 29.3 Å². The number of thiazole rings is 1. The van der Waals surface area contributed by atoms with Crippen molar-refractivity contribution >= 4 is 67.2 Å². The molecule has 2 amide bonds. The van der Waals surface area contributed by atoms with Crippen molar-refractivity contribution < 1.29 is 26.0 Å². The number of rotatable bonds is 5. The van der Waals surface area contributed by atoms with Gasteiger partial charge in [0, 0.05) is 39.6 Å². The molecule has 2 N–H and O–H groups in total. The summed E-state index contributed by atoms with van der Waals surface area (Å²) in [6.45, 7) is 2.65. The van der Waals surface area contributed by atoms with Crippen LogP contribution in [0.15, 0.2) is 58.9 Å². The van der Waals surface area contributed by atoms with Gasteiger partial charge in [-0.2, -0.15) is 0 Å². The summed E-state index contributed by atoms with van der Waals surface area (Å²) in [4.78, 5) is 31.1. The first-order valence-corrected chi connectivity index (χ1v) is 13.5. The third-order valence-corrected chi connectivity index (χ3v) is 7.90. The lowest BCUT2D eigenvalue weighted by atomic mass is 10.2. The van der Waals surface area contributed by atoms with Gasteiger partial charge in [-0.3, -0.25) is 14.3 Å². The van der Waals surface area contributed by atoms with E-state index in [1.165, 1.54) is 40.6 Å². The van der Waals surface area contributed by atoms with E-state index in [1.807, 2.05) is 0 Å². The largest absolute Gasteiger partial charge is 0.506 e. The number of amides is 2. The van der Waals surface area contributed by atoms with Crippen LogP contribution in [0.1, 0.15) is 16.2 Å². The second-order valence-corrected chi connectivity index (χ2v) is 10.6. The Hall–Kier alpha value is -2.86. The predicted octanol–water partition coefficient (Wildman–Crippen LogP) is 4.72. The molecular formula is C22H26Cl2N4O5S2. The second kappa shape index (κ2) is 11.7. The Balaban J connectivity index is 0.000000530. The third-order valence-electron chi connectivity index (χ3n) is 4.92. The van der Waals surface area contributed by atoms with Gasteiger partial charge in [-0.05, 0) is 36.4 Å². The summed E-state index contributed by atoms with van der Waals surface area (Å²) >= 11 is 12.2. The van der Waals surface area contributed by atoms with Gasteiger partial charge in [0.25, 0.3) is 10.0 Å². The molecule has 2 heterocycles. The van der Waals surface area contributed by atoms with Crippen LogP contribution in [0.5, 0.6) is 5.75 Å². The van der Waals surface area contributed by atoms with Crippen molar-refractivity contribution in [3.63, 3.8) is 0 Å². The molecule has 1 saturated heterocycles. The van der Waals surface area contributed by atoms with Gasteiger partial charge in [0.1, 0.15) is 17.3 Å². The minimum atomic E-state index is -3.73. The van der Waals surface area contributed by atoms with Gasteiger partial charge >= 0.3 is 0 Å². The number of hydrogen-bond donors (Lipinski definition) is 2. The van der Waals surface area contributed by atoms with Crippen LogP contribution < -0.4 is 9.62 Å². The Kier molecular flexibility index (Phi) is 8.95. The van der Waals surface area contributed by atoms with Gasteiger partial charge in [-0.25, -0.2) is 13.4 Å². The van der Waals surface area contributed by atoms with Gasteiger partial charge in [-0.15, -0.1) is 11.3 Å². The summed E-state index contributed by atoms with van der Waals surface area (Å²) in [5, 5.41) is 11.4. The molecule has 3 aromatic rings. The van der Waals surface area contributed by atoms with E-state index in [0.29, 0.717) is 35.4 Å². The van der Waals surface area contributed by atoms with E-state index in [2.05, 4.69) is 9.71 Å². The molecular weight excluding hydrogens is 535 g/mol. The number of aromatic hydroxyl groups is 1. The highest BCUT2D eigenvalue weighted by molar-refractivity contribution is 7.93. The summed E-state index contributed by atoms with van der Waals surface area (Å²) in [5.74, 6) is -0.216. The second-order valence-electron chi connectivity index (χ2n) is 7.22. The summed E-state index contributed by atoms with van der Waals surface area (Å²) in [6, 6.07) is 10.8. The number of nitrogens with zero attached hydrogens (tertiary/aromatic N) is 3. The molecule has 0 aliphatic carbocycles. The van der Waals surface area contributed by atoms with Gasteiger partial charge in [0.2, 0.25) is 11.8 Å². The number of sulfonamides is 1. The van der Waals surface area contributed by atoms with Gasteiger partial charge in [-0.1, -0.05) is 36.2 Å². The fourth-order valence-electron chi connectivity index (χ4n) is 3.13. The average Bonchev–Trinajstić information content (AvgIpc) is 3.35. The first-order chi connectivity index (χ1) is 16.6. The van der Waals surface area contributed by atoms with Gasteiger partial charge in [0.15, 0.2) is 5.13 Å². The number of phenolic OH excluding ortho intramolecular Hbond substituents is 1. The van der Waals surface area contributed by atoms with Crippen LogP contribution in [0.4, 0.5) is 10.8 Å². The maximum Gasteiger partial charge on any atom is 0.263 e. The number of anilines is 2. The number of piperazine rings is 1. The third kappa shape index (κ3) is 6.85. The number of aromatic nitrogens is 1. The minimum Gasteiger partial charge on any atom is -0.506 e. The van der Waals surface area contributed by atoms with Crippen LogP contribution in [0.25, 0.3) is 0 Å². The molecule has 0 bridgehead atoms. The topological polar surface area (TPSA) is 120 Å². The molecule has 1 fully saturated rings. The van der Waals surface area contributed by atoms with E-state index in [9.17, 15) is 18.0 Å². The van der Waals surface area contributed by atoms with Crippen LogP contribution in [0, 0.1) is 0 Å². The van der Waals surface area contributed by atoms with Crippen LogP contribution in [0.2, 0.25) is 10.0 Å². The summed E-state index contributed by atoms with van der Waals surface area (Å²) in [7, 11) is -3.73. The lowest BCUT2D eigenvalue weighted by Gasteiger charge is -2.34. The molecule has 13 heteroatoms. The van der Waals surface area contributed by atoms with Gasteiger partial charge in [0.05, 0.1) is 9.92 Å². The lowest BCUT2D eigenvalue weighted by molar-refractivity contribution is -0.136. The highest BCUT2D eigenvalue weighted by Crippen LogP contribution is 2.29. The monoisotopic (exact) mass is 560 g/mol. The number of benzene rings is 2. The van der Waals surface area contributed by atoms with Crippen molar-refractivity contribution in [2.45, 2.75) is 18.2 Å². The Morgan fingerprint density at radius 1 is 1.20 bits per heavy atom. The van der Waals surface area contributed by atoms with E-state index in [0.717, 1.165) is 0 Å². The number of nitrogens with one attached hydrogen (secondary N) is 1. The molecule has 35 heavy (non-hydrogen) atoms. The summed E-state index contributed by atoms with van der Waals surface area (Å²) in [6.07, 6.45) is 1.88. The molecule has 0 radical (unpaired) electrons. The maximum atomic E-state index is 12.3. The number of phenols is 1. The van der Waals surface area contributed by atoms with E-state index < -0.39 is 10.0 Å². The maximum absolute atomic E-state index is 12.3. The van der Waals surface area contributed by atoms with Gasteiger partial charge < -0.3 is 14.9 Å². The zero-order valence-corrected chi connectivity index (χ0v) is 21.7. The highest BCUT2D eigenvalue weighted by Gasteiger charge is 2.27. The molecule has 4 rings (SSSR count). The van der Waals surface area contributed by atoms with Crippen LogP contribution in [0.3, 0.4) is 0 Å². The van der Waals surface area contributed by atoms with Crippen molar-refractivity contribution in [2.24, 2.45) is 0 Å². The smallest absolute Gasteiger partial charge is 0.263 e. The number of carbonyl (C=O) groups excluding carboxylic acids is 2. The zero-order chi connectivity index (χ0) is 25.6. The molecule has 0 atom stereocenters. The molecule has 1 aromatic heterocycles. The van der Waals surface area contributed by atoms with Crippen molar-refractivity contribution in [1.29, 1.82) is 0 Å². The number of halogens is 2. The molecule has 1 aliphatic rings. The SMILES string of the molecule is CCC(=O)N1CCN(c2ccc(S(=O)(=O)Nc3nccs3)cc2)C(=O)C1.Oc1cccc(Cl)c1Cl.[HH].[HH]. The average molecular weight is 562 g/mol. The molecule has 2 aromatic carbocycles. The fourth-order valence-corrected chi connectivity index (χ4v) is 5.21. The predicted molar refractivity (Wildman–Crippen MR) is 141 cm³/mol. The fraction of sp³-hybridized carbons (Fsp3) is 0.227. The molecule has 1 aliphatic heterocycles. The molecule has 190 valence electrons. The van der Waals surface area contributed by atoms with E-state index in [4.69, 9.17) is 28.3 Å². The standard InChI is InChI=1S/C16H18N4O4S2.C6H4Cl2O.2H2/c1-2-14(21)19-8-9-20(15(22)11-19)12-3-5-13(6-4-12)26(23,24)18-16-17-7-10-25-16;7-4-2-1-3-5(9)6(4)8;;/h3-7,10H,2,8-9,11H2,1H3,(H,17,18);1-3,9H;2*1H. The van der Waals surface area contributed by atoms with Crippen molar-refractivity contribution in [3.8, 4) is 5.75 Å². The number of carbonyl (C=O) groups is 2. The molecule has 9 nitrogen and oxygen atoms in total. The van der Waals surface area contributed by atoms with Crippen LogP contribution in [-0.2, 0) is 19.6 Å². The number of hydrogen-bond acceptors (Lipinski definition) is 7. The normalized spacial score (nSPS) is 13.7. The zero-order valence-electron chi connectivity index (χ0n) is 18.5. The lowest BCUT2D eigenvalue weighted by Crippen LogP contribution is -2.52. The Morgan fingerprint density at radius 2 is 1.91 bits per heavy atom. The van der Waals surface area contributed by atoms with E-state index in [-0.39, 0.29) is 36.9 Å². The minimum absolute atomic E-state index is 0.